The molecule has 4 heteroatoms. The summed E-state index contributed by atoms with van der Waals surface area (Å²) in [6, 6.07) is 0. The van der Waals surface area contributed by atoms with Gasteiger partial charge in [-0.25, -0.2) is 4.79 Å². The minimum atomic E-state index is -0.275. The summed E-state index contributed by atoms with van der Waals surface area (Å²) in [6.45, 7) is 5.34. The second kappa shape index (κ2) is 6.06. The number of fused-ring (bicyclic) bond motifs is 5. The van der Waals surface area contributed by atoms with Crippen molar-refractivity contribution in [3.63, 3.8) is 0 Å². The van der Waals surface area contributed by atoms with Gasteiger partial charge in [0, 0.05) is 6.08 Å². The molecule has 0 aromatic rings. The van der Waals surface area contributed by atoms with E-state index < -0.39 is 0 Å². The molecule has 4 aliphatic carbocycles. The molecule has 4 fully saturated rings. The highest BCUT2D eigenvalue weighted by Crippen LogP contribution is 2.68. The van der Waals surface area contributed by atoms with Crippen molar-refractivity contribution in [2.75, 3.05) is 6.61 Å². The predicted octanol–water partition coefficient (Wildman–Crippen LogP) is 3.46. The number of ether oxygens (including phenoxy) is 1. The Morgan fingerprint density at radius 3 is 2.44 bits per heavy atom. The van der Waals surface area contributed by atoms with Gasteiger partial charge in [-0.15, -0.1) is 0 Å². The number of hydrogen-bond donors (Lipinski definition) is 2. The number of cyclic esters (lactones) is 1. The summed E-state index contributed by atoms with van der Waals surface area (Å²) in [5.74, 6) is 2.44. The summed E-state index contributed by atoms with van der Waals surface area (Å²) in [5, 5.41) is 21.2. The summed E-state index contributed by atoms with van der Waals surface area (Å²) in [7, 11) is 0. The van der Waals surface area contributed by atoms with E-state index in [0.717, 1.165) is 32.1 Å². The van der Waals surface area contributed by atoms with Crippen molar-refractivity contribution >= 4 is 5.97 Å². The Hall–Kier alpha value is -0.870. The van der Waals surface area contributed by atoms with E-state index in [9.17, 15) is 15.0 Å². The van der Waals surface area contributed by atoms with Crippen LogP contribution in [0.25, 0.3) is 0 Å². The van der Waals surface area contributed by atoms with E-state index in [1.807, 2.05) is 0 Å². The molecule has 0 aromatic heterocycles. The standard InChI is InChI=1S/C23H34O4/c1-22-8-6-18-15(11-20(25)19-10-14(24)5-7-23(18,19)2)17(22)4-3-16(22)13-9-21(26)27-12-13/h9,14-20,24-25H,3-8,10-12H2,1-2H3/t14?,15?,16?,17?,18?,19-,20?,22?,23?/m0/s1. The molecule has 2 N–H and O–H groups in total. The molecule has 8 unspecified atom stereocenters. The number of aliphatic hydroxyl groups excluding tert-OH is 2. The summed E-state index contributed by atoms with van der Waals surface area (Å²) >= 11 is 0. The Morgan fingerprint density at radius 2 is 1.70 bits per heavy atom. The third kappa shape index (κ3) is 2.51. The first-order chi connectivity index (χ1) is 12.8. The topological polar surface area (TPSA) is 66.8 Å². The van der Waals surface area contributed by atoms with E-state index in [1.165, 1.54) is 24.8 Å². The largest absolute Gasteiger partial charge is 0.458 e. The van der Waals surface area contributed by atoms with Gasteiger partial charge in [-0.1, -0.05) is 13.8 Å². The molecule has 9 atom stereocenters. The third-order valence-corrected chi connectivity index (χ3v) is 9.78. The smallest absolute Gasteiger partial charge is 0.331 e. The van der Waals surface area contributed by atoms with Crippen LogP contribution >= 0.6 is 0 Å². The first-order valence-corrected chi connectivity index (χ1v) is 11.1. The van der Waals surface area contributed by atoms with Gasteiger partial charge in [-0.3, -0.25) is 0 Å². The highest BCUT2D eigenvalue weighted by atomic mass is 16.5. The third-order valence-electron chi connectivity index (χ3n) is 9.78. The molecular weight excluding hydrogens is 340 g/mol. The number of aliphatic hydroxyl groups is 2. The lowest BCUT2D eigenvalue weighted by molar-refractivity contribution is -0.169. The first kappa shape index (κ1) is 18.2. The molecule has 1 heterocycles. The molecule has 4 nitrogen and oxygen atoms in total. The lowest BCUT2D eigenvalue weighted by atomic mass is 9.44. The molecule has 0 bridgehead atoms. The first-order valence-electron chi connectivity index (χ1n) is 11.1. The van der Waals surface area contributed by atoms with Crippen LogP contribution in [0, 0.1) is 40.4 Å². The fourth-order valence-corrected chi connectivity index (χ4v) is 8.48. The number of carbonyl (C=O) groups excluding carboxylic acids is 1. The fourth-order valence-electron chi connectivity index (χ4n) is 8.48. The summed E-state index contributed by atoms with van der Waals surface area (Å²) in [5.41, 5.74) is 1.62. The average Bonchev–Trinajstić information content (AvgIpc) is 3.19. The fraction of sp³-hybridized carbons (Fsp3) is 0.870. The van der Waals surface area contributed by atoms with Crippen LogP contribution in [0.3, 0.4) is 0 Å². The van der Waals surface area contributed by atoms with Gasteiger partial charge in [0.25, 0.3) is 0 Å². The highest BCUT2D eigenvalue weighted by Gasteiger charge is 2.62. The zero-order valence-corrected chi connectivity index (χ0v) is 16.7. The van der Waals surface area contributed by atoms with Crippen LogP contribution < -0.4 is 0 Å². The van der Waals surface area contributed by atoms with Crippen LogP contribution in [0.1, 0.15) is 65.2 Å². The quantitative estimate of drug-likeness (QED) is 0.690. The second-order valence-electron chi connectivity index (χ2n) is 10.7. The summed E-state index contributed by atoms with van der Waals surface area (Å²) in [6.07, 6.45) is 9.68. The van der Waals surface area contributed by atoms with E-state index in [2.05, 4.69) is 13.8 Å². The minimum Gasteiger partial charge on any atom is -0.458 e. The van der Waals surface area contributed by atoms with Crippen molar-refractivity contribution in [1.29, 1.82) is 0 Å². The number of hydrogen-bond acceptors (Lipinski definition) is 4. The molecule has 0 spiro atoms. The van der Waals surface area contributed by atoms with Crippen LogP contribution in [0.4, 0.5) is 0 Å². The summed E-state index contributed by atoms with van der Waals surface area (Å²) in [4.78, 5) is 11.6. The maximum absolute atomic E-state index is 11.6. The zero-order valence-electron chi connectivity index (χ0n) is 16.7. The number of esters is 1. The molecule has 5 aliphatic rings. The van der Waals surface area contributed by atoms with Gasteiger partial charge >= 0.3 is 5.97 Å². The maximum Gasteiger partial charge on any atom is 0.331 e. The van der Waals surface area contributed by atoms with E-state index in [-0.39, 0.29) is 34.9 Å². The molecule has 1 aliphatic heterocycles. The van der Waals surface area contributed by atoms with Crippen molar-refractivity contribution in [2.45, 2.75) is 77.4 Å². The van der Waals surface area contributed by atoms with E-state index >= 15 is 0 Å². The molecule has 0 aromatic carbocycles. The van der Waals surface area contributed by atoms with Gasteiger partial charge in [0.15, 0.2) is 0 Å². The maximum atomic E-state index is 11.6. The molecule has 4 saturated carbocycles. The van der Waals surface area contributed by atoms with Crippen molar-refractivity contribution in [1.82, 2.24) is 0 Å². The van der Waals surface area contributed by atoms with Crippen molar-refractivity contribution < 1.29 is 19.7 Å². The lowest BCUT2D eigenvalue weighted by Crippen LogP contribution is -2.58. The highest BCUT2D eigenvalue weighted by molar-refractivity contribution is 5.85. The Balaban J connectivity index is 1.44. The van der Waals surface area contributed by atoms with E-state index in [0.29, 0.717) is 30.3 Å². The van der Waals surface area contributed by atoms with Crippen LogP contribution in [-0.4, -0.2) is 35.0 Å². The van der Waals surface area contributed by atoms with E-state index in [4.69, 9.17) is 4.74 Å². The van der Waals surface area contributed by atoms with Gasteiger partial charge in [0.1, 0.15) is 6.61 Å². The Kier molecular flexibility index (Phi) is 4.08. The van der Waals surface area contributed by atoms with Gasteiger partial charge < -0.3 is 14.9 Å². The molecule has 0 saturated heterocycles. The van der Waals surface area contributed by atoms with Crippen LogP contribution in [-0.2, 0) is 9.53 Å². The molecule has 27 heavy (non-hydrogen) atoms. The monoisotopic (exact) mass is 374 g/mol. The molecule has 0 amide bonds. The second-order valence-corrected chi connectivity index (χ2v) is 10.7. The Bertz CT molecular complexity index is 671. The van der Waals surface area contributed by atoms with Crippen LogP contribution in [0.5, 0.6) is 0 Å². The number of carbonyl (C=O) groups is 1. The summed E-state index contributed by atoms with van der Waals surface area (Å²) < 4.78 is 5.23. The van der Waals surface area contributed by atoms with Gasteiger partial charge in [0.05, 0.1) is 12.2 Å². The Morgan fingerprint density at radius 1 is 0.963 bits per heavy atom. The lowest BCUT2D eigenvalue weighted by Gasteiger charge is -2.62. The van der Waals surface area contributed by atoms with Gasteiger partial charge in [0.2, 0.25) is 0 Å². The van der Waals surface area contributed by atoms with Gasteiger partial charge in [-0.2, -0.15) is 0 Å². The molecular formula is C23H34O4. The van der Waals surface area contributed by atoms with Crippen molar-refractivity contribution in [2.24, 2.45) is 40.4 Å². The average molecular weight is 375 g/mol. The van der Waals surface area contributed by atoms with Crippen molar-refractivity contribution in [3.8, 4) is 0 Å². The van der Waals surface area contributed by atoms with Crippen LogP contribution in [0.15, 0.2) is 11.6 Å². The normalized spacial score (nSPS) is 54.6. The molecule has 0 radical (unpaired) electrons. The Labute approximate surface area is 162 Å². The van der Waals surface area contributed by atoms with E-state index in [1.54, 1.807) is 6.08 Å². The minimum absolute atomic E-state index is 0.171. The SMILES string of the molecule is CC12CCC3C(CC(O)[C@@H]4CC(O)CCC34C)C1CCC2C1=CC(=O)OC1. The molecule has 5 rings (SSSR count). The van der Waals surface area contributed by atoms with Crippen LogP contribution in [0.2, 0.25) is 0 Å². The van der Waals surface area contributed by atoms with Gasteiger partial charge in [-0.05, 0) is 97.4 Å². The van der Waals surface area contributed by atoms with Crippen molar-refractivity contribution in [3.05, 3.63) is 11.6 Å². The predicted molar refractivity (Wildman–Crippen MR) is 102 cm³/mol. The number of rotatable bonds is 1. The molecule has 150 valence electrons. The zero-order chi connectivity index (χ0) is 19.0.